The Balaban J connectivity index is 1.81. The molecular weight excluding hydrogens is 330 g/mol. The molecule has 4 heterocycles. The minimum absolute atomic E-state index is 0.140. The van der Waals surface area contributed by atoms with Crippen LogP contribution in [0.1, 0.15) is 30.0 Å². The van der Waals surface area contributed by atoms with Gasteiger partial charge in [-0.25, -0.2) is 4.98 Å². The summed E-state index contributed by atoms with van der Waals surface area (Å²) >= 11 is 0. The third-order valence-corrected chi connectivity index (χ3v) is 5.53. The first-order chi connectivity index (χ1) is 12.5. The predicted molar refractivity (Wildman–Crippen MR) is 96.6 cm³/mol. The van der Waals surface area contributed by atoms with Crippen LogP contribution in [0.3, 0.4) is 0 Å². The van der Waals surface area contributed by atoms with E-state index in [1.54, 1.807) is 17.6 Å². The topological polar surface area (TPSA) is 84.2 Å². The zero-order valence-electron chi connectivity index (χ0n) is 14.2. The first-order valence-corrected chi connectivity index (χ1v) is 8.70. The quantitative estimate of drug-likeness (QED) is 0.548. The van der Waals surface area contributed by atoms with Gasteiger partial charge in [-0.1, -0.05) is 25.1 Å². The molecule has 2 N–H and O–H groups in total. The molecule has 0 saturated heterocycles. The van der Waals surface area contributed by atoms with Crippen LogP contribution in [0.4, 0.5) is 0 Å². The summed E-state index contributed by atoms with van der Waals surface area (Å²) in [6, 6.07) is 11.6. The van der Waals surface area contributed by atoms with Gasteiger partial charge in [0.2, 0.25) is 0 Å². The lowest BCUT2D eigenvalue weighted by Crippen LogP contribution is -2.50. The number of pyridine rings is 2. The number of para-hydroxylation sites is 1. The van der Waals surface area contributed by atoms with Gasteiger partial charge in [0.15, 0.2) is 5.60 Å². The highest BCUT2D eigenvalue weighted by atomic mass is 16.3. The Morgan fingerprint density at radius 1 is 1.27 bits per heavy atom. The number of carbonyl (C=O) groups excluding carboxylic acids is 1. The van der Waals surface area contributed by atoms with E-state index >= 15 is 0 Å². The monoisotopic (exact) mass is 347 g/mol. The first-order valence-electron chi connectivity index (χ1n) is 8.70. The maximum absolute atomic E-state index is 13.1. The number of rotatable bonds is 1. The van der Waals surface area contributed by atoms with Gasteiger partial charge < -0.3 is 15.0 Å². The number of aromatic nitrogens is 2. The number of benzene rings is 1. The van der Waals surface area contributed by atoms with E-state index in [-0.39, 0.29) is 18.5 Å². The highest BCUT2D eigenvalue weighted by Gasteiger charge is 2.43. The van der Waals surface area contributed by atoms with Gasteiger partial charge in [0.1, 0.15) is 0 Å². The molecule has 5 rings (SSSR count). The molecule has 6 heteroatoms. The Hall–Kier alpha value is -2.99. The van der Waals surface area contributed by atoms with Gasteiger partial charge in [-0.05, 0) is 24.6 Å². The fourth-order valence-corrected chi connectivity index (χ4v) is 4.04. The Kier molecular flexibility index (Phi) is 2.95. The lowest BCUT2D eigenvalue weighted by Gasteiger charge is -2.32. The molecule has 26 heavy (non-hydrogen) atoms. The second-order valence-electron chi connectivity index (χ2n) is 6.90. The van der Waals surface area contributed by atoms with Gasteiger partial charge in [-0.15, -0.1) is 0 Å². The highest BCUT2D eigenvalue weighted by molar-refractivity contribution is 5.89. The average Bonchev–Trinajstić information content (AvgIpc) is 3.01. The Morgan fingerprint density at radius 2 is 2.08 bits per heavy atom. The van der Waals surface area contributed by atoms with Crippen molar-refractivity contribution < 1.29 is 9.90 Å². The van der Waals surface area contributed by atoms with Crippen molar-refractivity contribution in [3.8, 4) is 11.4 Å². The van der Waals surface area contributed by atoms with Crippen LogP contribution < -0.4 is 10.9 Å². The summed E-state index contributed by atoms with van der Waals surface area (Å²) in [5.74, 6) is -0.457. The van der Waals surface area contributed by atoms with Crippen molar-refractivity contribution in [1.29, 1.82) is 0 Å². The zero-order chi connectivity index (χ0) is 18.1. The molecule has 3 aromatic rings. The van der Waals surface area contributed by atoms with Gasteiger partial charge in [0.25, 0.3) is 11.5 Å². The third kappa shape index (κ3) is 1.82. The Labute approximate surface area is 149 Å². The molecule has 6 nitrogen and oxygen atoms in total. The van der Waals surface area contributed by atoms with Crippen molar-refractivity contribution in [1.82, 2.24) is 14.9 Å². The molecule has 0 radical (unpaired) electrons. The molecule has 0 spiro atoms. The number of aliphatic hydroxyl groups is 1. The second-order valence-corrected chi connectivity index (χ2v) is 6.90. The molecule has 0 fully saturated rings. The largest absolute Gasteiger partial charge is 0.375 e. The summed E-state index contributed by atoms with van der Waals surface area (Å²) in [7, 11) is 0. The summed E-state index contributed by atoms with van der Waals surface area (Å²) in [6.07, 6.45) is 0.201. The fourth-order valence-electron chi connectivity index (χ4n) is 4.04. The molecule has 0 unspecified atom stereocenters. The van der Waals surface area contributed by atoms with Crippen LogP contribution >= 0.6 is 0 Å². The second kappa shape index (κ2) is 5.02. The van der Waals surface area contributed by atoms with Crippen LogP contribution in [0, 0.1) is 0 Å². The van der Waals surface area contributed by atoms with E-state index in [1.165, 1.54) is 0 Å². The minimum atomic E-state index is -1.68. The van der Waals surface area contributed by atoms with Gasteiger partial charge in [-0.3, -0.25) is 9.59 Å². The van der Waals surface area contributed by atoms with Gasteiger partial charge in [0, 0.05) is 28.6 Å². The average molecular weight is 347 g/mol. The van der Waals surface area contributed by atoms with Crippen molar-refractivity contribution in [2.24, 2.45) is 0 Å². The van der Waals surface area contributed by atoms with Gasteiger partial charge in [-0.2, -0.15) is 0 Å². The summed E-state index contributed by atoms with van der Waals surface area (Å²) in [4.78, 5) is 30.0. The summed E-state index contributed by atoms with van der Waals surface area (Å²) in [6.45, 7) is 2.33. The fraction of sp³-hybridized carbons (Fsp3) is 0.250. The number of hydrogen-bond acceptors (Lipinski definition) is 4. The van der Waals surface area contributed by atoms with Crippen molar-refractivity contribution >= 4 is 16.8 Å². The van der Waals surface area contributed by atoms with Crippen molar-refractivity contribution in [3.05, 3.63) is 63.4 Å². The number of nitrogens with zero attached hydrogens (tertiary/aromatic N) is 2. The van der Waals surface area contributed by atoms with E-state index < -0.39 is 11.5 Å². The standard InChI is InChI=1S/C20H17N3O3/c1-2-20(26)14-8-16-17-12(7-11-5-3-4-6-15(11)22-17)10-23(16)18(24)13(14)9-21-19(20)25/h3-8,26H,2,9-10H2,1H3,(H,21,25)/t20-/m0/s1. The number of fused-ring (bicyclic) bond motifs is 5. The predicted octanol–water partition coefficient (Wildman–Crippen LogP) is 1.65. The van der Waals surface area contributed by atoms with Crippen molar-refractivity contribution in [2.75, 3.05) is 0 Å². The normalized spacial score (nSPS) is 20.5. The SMILES string of the molecule is CC[C@@]1(O)C(=O)NCc2c1cc1n(c2=O)Cc2cc3ccccc3nc2-1. The van der Waals surface area contributed by atoms with E-state index in [9.17, 15) is 14.7 Å². The van der Waals surface area contributed by atoms with Crippen LogP contribution in [-0.2, 0) is 23.5 Å². The Bertz CT molecular complexity index is 1160. The molecule has 0 aliphatic carbocycles. The Morgan fingerprint density at radius 3 is 2.88 bits per heavy atom. The third-order valence-electron chi connectivity index (χ3n) is 5.53. The van der Waals surface area contributed by atoms with E-state index in [0.29, 0.717) is 23.4 Å². The molecule has 2 aromatic heterocycles. The minimum Gasteiger partial charge on any atom is -0.375 e. The van der Waals surface area contributed by atoms with E-state index in [4.69, 9.17) is 4.98 Å². The smallest absolute Gasteiger partial charge is 0.256 e. The molecule has 2 aliphatic heterocycles. The summed E-state index contributed by atoms with van der Waals surface area (Å²) in [5, 5.41) is 14.6. The number of amides is 1. The molecule has 0 saturated carbocycles. The number of carbonyl (C=O) groups is 1. The molecule has 2 aliphatic rings. The van der Waals surface area contributed by atoms with Gasteiger partial charge >= 0.3 is 0 Å². The van der Waals surface area contributed by atoms with Crippen molar-refractivity contribution in [3.63, 3.8) is 0 Å². The molecule has 0 bridgehead atoms. The molecular formula is C20H17N3O3. The van der Waals surface area contributed by atoms with E-state index in [1.807, 2.05) is 24.3 Å². The van der Waals surface area contributed by atoms with Crippen LogP contribution in [-0.4, -0.2) is 20.6 Å². The van der Waals surface area contributed by atoms with Gasteiger partial charge in [0.05, 0.1) is 23.4 Å². The maximum Gasteiger partial charge on any atom is 0.256 e. The van der Waals surface area contributed by atoms with E-state index in [0.717, 1.165) is 22.2 Å². The molecule has 130 valence electrons. The molecule has 1 atom stereocenters. The van der Waals surface area contributed by atoms with E-state index in [2.05, 4.69) is 11.4 Å². The zero-order valence-corrected chi connectivity index (χ0v) is 14.2. The molecule has 1 amide bonds. The number of hydrogen-bond donors (Lipinski definition) is 2. The summed E-state index contributed by atoms with van der Waals surface area (Å²) < 4.78 is 1.68. The maximum atomic E-state index is 13.1. The van der Waals surface area contributed by atoms with Crippen LogP contribution in [0.15, 0.2) is 41.2 Å². The summed E-state index contributed by atoms with van der Waals surface area (Å²) in [5.41, 5.74) is 2.24. The highest BCUT2D eigenvalue weighted by Crippen LogP contribution is 2.37. The first kappa shape index (κ1) is 15.3. The lowest BCUT2D eigenvalue weighted by molar-refractivity contribution is -0.142. The van der Waals surface area contributed by atoms with Crippen molar-refractivity contribution in [2.45, 2.75) is 32.0 Å². The van der Waals surface area contributed by atoms with Crippen LogP contribution in [0.25, 0.3) is 22.3 Å². The molecule has 1 aromatic carbocycles. The van der Waals surface area contributed by atoms with Crippen LogP contribution in [0.5, 0.6) is 0 Å². The number of nitrogens with one attached hydrogen (secondary N) is 1. The van der Waals surface area contributed by atoms with Crippen LogP contribution in [0.2, 0.25) is 0 Å². The lowest BCUT2D eigenvalue weighted by atomic mass is 9.84.